The van der Waals surface area contributed by atoms with Crippen molar-refractivity contribution >= 4 is 39.0 Å². The Hall–Kier alpha value is -0.300. The number of nitrogens with zero attached hydrogens (tertiary/aromatic N) is 2. The van der Waals surface area contributed by atoms with Crippen molar-refractivity contribution in [3.05, 3.63) is 39.1 Å². The van der Waals surface area contributed by atoms with Crippen LogP contribution in [0, 0.1) is 0 Å². The van der Waals surface area contributed by atoms with E-state index in [0.717, 1.165) is 29.3 Å². The maximum Gasteiger partial charge on any atom is 0.169 e. The highest BCUT2D eigenvalue weighted by molar-refractivity contribution is 9.10. The lowest BCUT2D eigenvalue weighted by molar-refractivity contribution is 0.194. The van der Waals surface area contributed by atoms with Crippen LogP contribution in [-0.4, -0.2) is 27.9 Å². The van der Waals surface area contributed by atoms with Gasteiger partial charge in [-0.2, -0.15) is 11.8 Å². The third-order valence-electron chi connectivity index (χ3n) is 2.96. The minimum absolute atomic E-state index is 0.424. The second kappa shape index (κ2) is 5.77. The summed E-state index contributed by atoms with van der Waals surface area (Å²) in [6.45, 7) is 1.95. The van der Waals surface area contributed by atoms with Crippen LogP contribution < -0.4 is 0 Å². The summed E-state index contributed by atoms with van der Waals surface area (Å²) >= 11 is 7.10. The predicted octanol–water partition coefficient (Wildman–Crippen LogP) is 3.79. The zero-order valence-electron chi connectivity index (χ0n) is 9.71. The lowest BCUT2D eigenvalue weighted by Gasteiger charge is -2.33. The third kappa shape index (κ3) is 2.82. The van der Waals surface area contributed by atoms with Gasteiger partial charge in [0.2, 0.25) is 0 Å². The zero-order chi connectivity index (χ0) is 12.4. The van der Waals surface area contributed by atoms with Crippen LogP contribution in [0.5, 0.6) is 0 Å². The summed E-state index contributed by atoms with van der Waals surface area (Å²) in [4.78, 5) is 6.92. The van der Waals surface area contributed by atoms with Gasteiger partial charge >= 0.3 is 0 Å². The molecule has 1 aliphatic heterocycles. The van der Waals surface area contributed by atoms with Crippen LogP contribution in [0.4, 0.5) is 0 Å². The SMILES string of the molecule is Brc1ccc(CN2CCSCC2c2nccs2)o1. The summed E-state index contributed by atoms with van der Waals surface area (Å²) in [7, 11) is 0. The molecule has 0 spiro atoms. The van der Waals surface area contributed by atoms with Crippen molar-refractivity contribution in [1.29, 1.82) is 0 Å². The molecule has 18 heavy (non-hydrogen) atoms. The molecule has 0 radical (unpaired) electrons. The van der Waals surface area contributed by atoms with E-state index in [1.165, 1.54) is 10.8 Å². The Morgan fingerprint density at radius 1 is 1.50 bits per heavy atom. The number of aromatic nitrogens is 1. The van der Waals surface area contributed by atoms with Crippen LogP contribution in [0.15, 0.2) is 32.8 Å². The minimum Gasteiger partial charge on any atom is -0.453 e. The van der Waals surface area contributed by atoms with E-state index in [2.05, 4.69) is 31.2 Å². The Bertz CT molecular complexity index is 500. The molecule has 2 aromatic heterocycles. The van der Waals surface area contributed by atoms with E-state index in [1.54, 1.807) is 11.3 Å². The van der Waals surface area contributed by atoms with Crippen LogP contribution in [0.25, 0.3) is 0 Å². The van der Waals surface area contributed by atoms with Gasteiger partial charge in [0.25, 0.3) is 0 Å². The van der Waals surface area contributed by atoms with Crippen molar-refractivity contribution in [3.8, 4) is 0 Å². The molecular weight excluding hydrogens is 332 g/mol. The molecule has 3 heterocycles. The first-order valence-electron chi connectivity index (χ1n) is 5.78. The smallest absolute Gasteiger partial charge is 0.169 e. The van der Waals surface area contributed by atoms with E-state index in [0.29, 0.717) is 6.04 Å². The Balaban J connectivity index is 1.76. The average Bonchev–Trinajstić information content (AvgIpc) is 3.02. The largest absolute Gasteiger partial charge is 0.453 e. The highest BCUT2D eigenvalue weighted by Gasteiger charge is 2.26. The molecule has 3 nitrogen and oxygen atoms in total. The molecule has 6 heteroatoms. The van der Waals surface area contributed by atoms with Crippen LogP contribution in [-0.2, 0) is 6.54 Å². The highest BCUT2D eigenvalue weighted by Crippen LogP contribution is 2.32. The molecule has 2 aromatic rings. The van der Waals surface area contributed by atoms with Crippen molar-refractivity contribution in [2.75, 3.05) is 18.1 Å². The van der Waals surface area contributed by atoms with E-state index in [-0.39, 0.29) is 0 Å². The Morgan fingerprint density at radius 3 is 3.17 bits per heavy atom. The van der Waals surface area contributed by atoms with E-state index < -0.39 is 0 Å². The fraction of sp³-hybridized carbons (Fsp3) is 0.417. The molecule has 0 saturated carbocycles. The van der Waals surface area contributed by atoms with Gasteiger partial charge in [0.1, 0.15) is 10.8 Å². The number of thioether (sulfide) groups is 1. The lowest BCUT2D eigenvalue weighted by Crippen LogP contribution is -2.35. The molecule has 1 unspecified atom stereocenters. The minimum atomic E-state index is 0.424. The number of halogens is 1. The summed E-state index contributed by atoms with van der Waals surface area (Å²) in [5, 5.41) is 3.27. The summed E-state index contributed by atoms with van der Waals surface area (Å²) in [5.41, 5.74) is 0. The van der Waals surface area contributed by atoms with Crippen LogP contribution >= 0.6 is 39.0 Å². The molecule has 3 rings (SSSR count). The summed E-state index contributed by atoms with van der Waals surface area (Å²) < 4.78 is 6.40. The van der Waals surface area contributed by atoms with Gasteiger partial charge in [0, 0.05) is 29.6 Å². The Kier molecular flexibility index (Phi) is 4.08. The van der Waals surface area contributed by atoms with Crippen molar-refractivity contribution in [2.45, 2.75) is 12.6 Å². The van der Waals surface area contributed by atoms with Crippen molar-refractivity contribution in [1.82, 2.24) is 9.88 Å². The molecule has 1 fully saturated rings. The van der Waals surface area contributed by atoms with E-state index in [4.69, 9.17) is 4.42 Å². The normalized spacial score (nSPS) is 21.3. The van der Waals surface area contributed by atoms with E-state index >= 15 is 0 Å². The van der Waals surface area contributed by atoms with Gasteiger partial charge in [0.15, 0.2) is 4.67 Å². The number of hydrogen-bond acceptors (Lipinski definition) is 5. The Labute approximate surface area is 123 Å². The van der Waals surface area contributed by atoms with E-state index in [1.807, 2.05) is 30.1 Å². The van der Waals surface area contributed by atoms with Gasteiger partial charge in [-0.25, -0.2) is 4.98 Å². The van der Waals surface area contributed by atoms with Gasteiger partial charge in [-0.15, -0.1) is 11.3 Å². The molecule has 0 bridgehead atoms. The van der Waals surface area contributed by atoms with E-state index in [9.17, 15) is 0 Å². The molecule has 0 N–H and O–H groups in total. The van der Waals surface area contributed by atoms with Gasteiger partial charge in [-0.3, -0.25) is 4.90 Å². The van der Waals surface area contributed by atoms with Gasteiger partial charge in [-0.05, 0) is 28.1 Å². The first-order chi connectivity index (χ1) is 8.83. The van der Waals surface area contributed by atoms with Crippen LogP contribution in [0.1, 0.15) is 16.8 Å². The molecule has 96 valence electrons. The number of rotatable bonds is 3. The summed E-state index contributed by atoms with van der Waals surface area (Å²) in [6.07, 6.45) is 1.89. The first-order valence-corrected chi connectivity index (χ1v) is 8.61. The molecule has 1 saturated heterocycles. The molecule has 0 amide bonds. The molecule has 1 aliphatic rings. The second-order valence-corrected chi connectivity index (χ2v) is 6.99. The standard InChI is InChI=1S/C12H13BrN2OS2/c13-11-2-1-9(16-11)7-15-4-6-17-8-10(15)12-14-3-5-18-12/h1-3,5,10H,4,6-8H2. The quantitative estimate of drug-likeness (QED) is 0.847. The second-order valence-electron chi connectivity index (χ2n) is 4.14. The molecular formula is C12H13BrN2OS2. The van der Waals surface area contributed by atoms with Crippen LogP contribution in [0.2, 0.25) is 0 Å². The van der Waals surface area contributed by atoms with Gasteiger partial charge < -0.3 is 4.42 Å². The van der Waals surface area contributed by atoms with Crippen molar-refractivity contribution in [3.63, 3.8) is 0 Å². The van der Waals surface area contributed by atoms with Gasteiger partial charge in [-0.1, -0.05) is 0 Å². The number of furan rings is 1. The maximum absolute atomic E-state index is 5.60. The Morgan fingerprint density at radius 2 is 2.44 bits per heavy atom. The van der Waals surface area contributed by atoms with Crippen molar-refractivity contribution in [2.24, 2.45) is 0 Å². The molecule has 0 aromatic carbocycles. The fourth-order valence-electron chi connectivity index (χ4n) is 2.09. The van der Waals surface area contributed by atoms with Gasteiger partial charge in [0.05, 0.1) is 12.6 Å². The van der Waals surface area contributed by atoms with Crippen LogP contribution in [0.3, 0.4) is 0 Å². The molecule has 1 atom stereocenters. The monoisotopic (exact) mass is 344 g/mol. The summed E-state index contributed by atoms with van der Waals surface area (Å²) in [5.74, 6) is 3.31. The molecule has 0 aliphatic carbocycles. The zero-order valence-corrected chi connectivity index (χ0v) is 12.9. The topological polar surface area (TPSA) is 29.3 Å². The summed E-state index contributed by atoms with van der Waals surface area (Å²) in [6, 6.07) is 4.41. The first kappa shape index (κ1) is 12.7. The highest BCUT2D eigenvalue weighted by atomic mass is 79.9. The van der Waals surface area contributed by atoms with Crippen molar-refractivity contribution < 1.29 is 4.42 Å². The predicted molar refractivity (Wildman–Crippen MR) is 79.0 cm³/mol. The lowest BCUT2D eigenvalue weighted by atomic mass is 10.2. The third-order valence-corrected chi connectivity index (χ3v) is 5.29. The maximum atomic E-state index is 5.60. The fourth-order valence-corrected chi connectivity index (χ4v) is 4.43. The number of hydrogen-bond donors (Lipinski definition) is 0. The number of thiazole rings is 1. The average molecular weight is 345 g/mol.